The molecule has 0 bridgehead atoms. The largest absolute Gasteiger partial charge is 0.358 e. The van der Waals surface area contributed by atoms with Crippen molar-refractivity contribution in [2.45, 2.75) is 18.7 Å². The molecule has 2 aromatic rings. The van der Waals surface area contributed by atoms with E-state index in [-0.39, 0.29) is 5.38 Å². The lowest BCUT2D eigenvalue weighted by atomic mass is 10.1. The molecule has 0 amide bonds. The predicted octanol–water partition coefficient (Wildman–Crippen LogP) is 3.49. The van der Waals surface area contributed by atoms with Crippen molar-refractivity contribution in [1.29, 1.82) is 0 Å². The summed E-state index contributed by atoms with van der Waals surface area (Å²) in [5, 5.41) is 4.00. The quantitative estimate of drug-likeness (QED) is 0.843. The van der Waals surface area contributed by atoms with Gasteiger partial charge in [-0.15, -0.1) is 11.6 Å². The molecule has 0 fully saturated rings. The van der Waals surface area contributed by atoms with Crippen LogP contribution in [0.25, 0.3) is 0 Å². The van der Waals surface area contributed by atoms with Crippen molar-refractivity contribution in [3.8, 4) is 0 Å². The first-order valence-corrected chi connectivity index (χ1v) is 6.76. The molecule has 0 saturated heterocycles. The molecule has 1 N–H and O–H groups in total. The number of nitrogens with zero attached hydrogens (tertiary/aromatic N) is 2. The molecule has 17 heavy (non-hydrogen) atoms. The lowest BCUT2D eigenvalue weighted by Gasteiger charge is -2.09. The third kappa shape index (κ3) is 3.41. The van der Waals surface area contributed by atoms with Crippen LogP contribution in [0.3, 0.4) is 0 Å². The van der Waals surface area contributed by atoms with Crippen LogP contribution < -0.4 is 5.32 Å². The van der Waals surface area contributed by atoms with Crippen LogP contribution >= 0.6 is 23.1 Å². The molecule has 1 heterocycles. The van der Waals surface area contributed by atoms with Crippen LogP contribution in [-0.2, 0) is 6.42 Å². The van der Waals surface area contributed by atoms with Crippen molar-refractivity contribution >= 4 is 28.3 Å². The molecule has 0 aliphatic heterocycles. The summed E-state index contributed by atoms with van der Waals surface area (Å²) in [6, 6.07) is 10.0. The number of nitrogens with one attached hydrogen (secondary N) is 1. The monoisotopic (exact) mass is 267 g/mol. The van der Waals surface area contributed by atoms with Gasteiger partial charge < -0.3 is 5.32 Å². The molecule has 3 nitrogen and oxygen atoms in total. The molecule has 1 aromatic carbocycles. The van der Waals surface area contributed by atoms with Crippen molar-refractivity contribution in [3.05, 3.63) is 41.7 Å². The maximum Gasteiger partial charge on any atom is 0.202 e. The Balaban J connectivity index is 1.90. The molecule has 0 spiro atoms. The van der Waals surface area contributed by atoms with E-state index in [1.807, 2.05) is 37.3 Å². The second kappa shape index (κ2) is 5.98. The standard InChI is InChI=1S/C12H14ClN3S/c1-2-11-15-12(17-16-11)14-8-10(13)9-6-4-3-5-7-9/h3-7,10H,2,8H2,1H3,(H,14,15,16). The first kappa shape index (κ1) is 12.3. The fourth-order valence-electron chi connectivity index (χ4n) is 1.43. The van der Waals surface area contributed by atoms with E-state index in [4.69, 9.17) is 11.6 Å². The zero-order valence-corrected chi connectivity index (χ0v) is 11.1. The Kier molecular flexibility index (Phi) is 4.34. The minimum absolute atomic E-state index is 0.0508. The predicted molar refractivity (Wildman–Crippen MR) is 72.8 cm³/mol. The molecule has 90 valence electrons. The third-order valence-corrected chi connectivity index (χ3v) is 3.49. The van der Waals surface area contributed by atoms with Gasteiger partial charge in [0.05, 0.1) is 5.38 Å². The molecule has 0 radical (unpaired) electrons. The second-order valence-electron chi connectivity index (χ2n) is 3.63. The van der Waals surface area contributed by atoms with Crippen molar-refractivity contribution < 1.29 is 0 Å². The van der Waals surface area contributed by atoms with E-state index in [0.717, 1.165) is 22.9 Å². The first-order chi connectivity index (χ1) is 8.29. The van der Waals surface area contributed by atoms with Gasteiger partial charge in [0.15, 0.2) is 0 Å². The molecule has 0 aliphatic carbocycles. The molecule has 1 aromatic heterocycles. The van der Waals surface area contributed by atoms with Crippen LogP contribution in [-0.4, -0.2) is 15.9 Å². The average molecular weight is 268 g/mol. The van der Waals surface area contributed by atoms with Crippen LogP contribution in [0.2, 0.25) is 0 Å². The van der Waals surface area contributed by atoms with Gasteiger partial charge in [-0.25, -0.2) is 4.98 Å². The summed E-state index contributed by atoms with van der Waals surface area (Å²) in [6.45, 7) is 2.70. The van der Waals surface area contributed by atoms with Crippen LogP contribution in [0.5, 0.6) is 0 Å². The number of aromatic nitrogens is 2. The Bertz CT molecular complexity index is 458. The lowest BCUT2D eigenvalue weighted by molar-refractivity contribution is 0.958. The van der Waals surface area contributed by atoms with Crippen molar-refractivity contribution in [2.75, 3.05) is 11.9 Å². The highest BCUT2D eigenvalue weighted by atomic mass is 35.5. The van der Waals surface area contributed by atoms with Gasteiger partial charge in [0.2, 0.25) is 5.13 Å². The van der Waals surface area contributed by atoms with Gasteiger partial charge >= 0.3 is 0 Å². The van der Waals surface area contributed by atoms with Crippen molar-refractivity contribution in [2.24, 2.45) is 0 Å². The number of aryl methyl sites for hydroxylation is 1. The summed E-state index contributed by atoms with van der Waals surface area (Å²) in [6.07, 6.45) is 0.862. The molecular weight excluding hydrogens is 254 g/mol. The van der Waals surface area contributed by atoms with E-state index in [1.165, 1.54) is 11.5 Å². The van der Waals surface area contributed by atoms with Gasteiger partial charge in [0, 0.05) is 24.5 Å². The number of halogens is 1. The van der Waals surface area contributed by atoms with E-state index < -0.39 is 0 Å². The molecule has 1 unspecified atom stereocenters. The maximum atomic E-state index is 6.29. The smallest absolute Gasteiger partial charge is 0.202 e. The van der Waals surface area contributed by atoms with Gasteiger partial charge in [0.25, 0.3) is 0 Å². The summed E-state index contributed by atoms with van der Waals surface area (Å²) in [5.74, 6) is 0.878. The second-order valence-corrected chi connectivity index (χ2v) is 4.91. The van der Waals surface area contributed by atoms with E-state index in [9.17, 15) is 0 Å². The normalized spacial score (nSPS) is 12.4. The zero-order chi connectivity index (χ0) is 12.1. The number of hydrogen-bond acceptors (Lipinski definition) is 4. The minimum atomic E-state index is -0.0508. The summed E-state index contributed by atoms with van der Waals surface area (Å²) < 4.78 is 4.21. The van der Waals surface area contributed by atoms with Gasteiger partial charge in [-0.2, -0.15) is 4.37 Å². The van der Waals surface area contributed by atoms with Crippen LogP contribution in [0.1, 0.15) is 23.7 Å². The highest BCUT2D eigenvalue weighted by molar-refractivity contribution is 7.09. The molecule has 1 atom stereocenters. The number of benzene rings is 1. The molecule has 0 aliphatic rings. The number of rotatable bonds is 5. The lowest BCUT2D eigenvalue weighted by Crippen LogP contribution is -2.07. The summed E-state index contributed by atoms with van der Waals surface area (Å²) in [7, 11) is 0. The van der Waals surface area contributed by atoms with E-state index in [0.29, 0.717) is 6.54 Å². The zero-order valence-electron chi connectivity index (χ0n) is 9.56. The molecular formula is C12H14ClN3S. The summed E-state index contributed by atoms with van der Waals surface area (Å²) in [4.78, 5) is 4.33. The topological polar surface area (TPSA) is 37.8 Å². The maximum absolute atomic E-state index is 6.29. The number of alkyl halides is 1. The highest BCUT2D eigenvalue weighted by Gasteiger charge is 2.08. The van der Waals surface area contributed by atoms with E-state index in [2.05, 4.69) is 14.7 Å². The fraction of sp³-hybridized carbons (Fsp3) is 0.333. The third-order valence-electron chi connectivity index (χ3n) is 2.38. The Morgan fingerprint density at radius 3 is 2.76 bits per heavy atom. The number of anilines is 1. The van der Waals surface area contributed by atoms with E-state index in [1.54, 1.807) is 0 Å². The van der Waals surface area contributed by atoms with Gasteiger partial charge in [-0.1, -0.05) is 37.3 Å². The van der Waals surface area contributed by atoms with Gasteiger partial charge in [0.1, 0.15) is 5.82 Å². The van der Waals surface area contributed by atoms with Gasteiger partial charge in [-0.3, -0.25) is 0 Å². The van der Waals surface area contributed by atoms with Crippen LogP contribution in [0.15, 0.2) is 30.3 Å². The van der Waals surface area contributed by atoms with Crippen molar-refractivity contribution in [3.63, 3.8) is 0 Å². The number of hydrogen-bond donors (Lipinski definition) is 1. The Labute approximate surface area is 110 Å². The van der Waals surface area contributed by atoms with E-state index >= 15 is 0 Å². The Hall–Kier alpha value is -1.13. The first-order valence-electron chi connectivity index (χ1n) is 5.55. The minimum Gasteiger partial charge on any atom is -0.358 e. The fourth-order valence-corrected chi connectivity index (χ4v) is 2.30. The molecule has 2 rings (SSSR count). The molecule has 0 saturated carbocycles. The Morgan fingerprint density at radius 1 is 1.35 bits per heavy atom. The highest BCUT2D eigenvalue weighted by Crippen LogP contribution is 2.21. The Morgan fingerprint density at radius 2 is 2.12 bits per heavy atom. The van der Waals surface area contributed by atoms with Gasteiger partial charge in [-0.05, 0) is 5.56 Å². The SMILES string of the molecule is CCc1nsc(NCC(Cl)c2ccccc2)n1. The van der Waals surface area contributed by atoms with Crippen LogP contribution in [0.4, 0.5) is 5.13 Å². The summed E-state index contributed by atoms with van der Waals surface area (Å²) >= 11 is 7.67. The average Bonchev–Trinajstić information content (AvgIpc) is 2.85. The van der Waals surface area contributed by atoms with Crippen molar-refractivity contribution in [1.82, 2.24) is 9.36 Å². The molecule has 5 heteroatoms. The van der Waals surface area contributed by atoms with Crippen LogP contribution in [0, 0.1) is 0 Å². The summed E-state index contributed by atoms with van der Waals surface area (Å²) in [5.41, 5.74) is 1.11.